The van der Waals surface area contributed by atoms with E-state index in [1.807, 2.05) is 24.3 Å². The Bertz CT molecular complexity index is 683. The van der Waals surface area contributed by atoms with Crippen molar-refractivity contribution in [3.05, 3.63) is 52.9 Å². The van der Waals surface area contributed by atoms with Crippen LogP contribution in [0.2, 0.25) is 5.02 Å². The Labute approximate surface area is 133 Å². The maximum Gasteiger partial charge on any atom is 0.256 e. The lowest BCUT2D eigenvalue weighted by Crippen LogP contribution is -2.45. The standard InChI is InChI=1S/C16H17ClN4O/c17-12-4-2-11(3-5-12)16(6-1-7-16)9-20-15(22)13-8-19-10-21-14(13)18/h2-5,8,10H,1,6-7,9H2,(H,20,22)(H2,18,19,21). The molecule has 3 N–H and O–H groups in total. The highest BCUT2D eigenvalue weighted by Crippen LogP contribution is 2.43. The summed E-state index contributed by atoms with van der Waals surface area (Å²) in [7, 11) is 0. The number of rotatable bonds is 4. The van der Waals surface area contributed by atoms with Crippen LogP contribution in [0.15, 0.2) is 36.8 Å². The number of hydrogen-bond donors (Lipinski definition) is 2. The number of carbonyl (C=O) groups excluding carboxylic acids is 1. The molecule has 0 atom stereocenters. The number of aromatic nitrogens is 2. The molecule has 5 nitrogen and oxygen atoms in total. The summed E-state index contributed by atoms with van der Waals surface area (Å²) in [5, 5.41) is 3.68. The van der Waals surface area contributed by atoms with Gasteiger partial charge in [-0.15, -0.1) is 0 Å². The topological polar surface area (TPSA) is 80.9 Å². The van der Waals surface area contributed by atoms with Gasteiger partial charge in [0.1, 0.15) is 12.1 Å². The fourth-order valence-electron chi connectivity index (χ4n) is 2.83. The van der Waals surface area contributed by atoms with Crippen molar-refractivity contribution < 1.29 is 4.79 Å². The van der Waals surface area contributed by atoms with E-state index >= 15 is 0 Å². The van der Waals surface area contributed by atoms with Crippen LogP contribution in [0.25, 0.3) is 0 Å². The van der Waals surface area contributed by atoms with Crippen molar-refractivity contribution >= 4 is 23.3 Å². The molecule has 1 aliphatic carbocycles. The average Bonchev–Trinajstić information content (AvgIpc) is 2.48. The van der Waals surface area contributed by atoms with Crippen LogP contribution in [-0.4, -0.2) is 22.4 Å². The van der Waals surface area contributed by atoms with E-state index in [-0.39, 0.29) is 17.1 Å². The molecule has 1 aromatic carbocycles. The fraction of sp³-hybridized carbons (Fsp3) is 0.312. The lowest BCUT2D eigenvalue weighted by molar-refractivity contribution is 0.0928. The van der Waals surface area contributed by atoms with E-state index in [0.717, 1.165) is 24.3 Å². The number of nitrogens with zero attached hydrogens (tertiary/aromatic N) is 2. The van der Waals surface area contributed by atoms with Gasteiger partial charge in [-0.25, -0.2) is 9.97 Å². The Hall–Kier alpha value is -2.14. The van der Waals surface area contributed by atoms with E-state index in [2.05, 4.69) is 15.3 Å². The number of hydrogen-bond acceptors (Lipinski definition) is 4. The maximum atomic E-state index is 12.2. The van der Waals surface area contributed by atoms with Gasteiger partial charge < -0.3 is 11.1 Å². The van der Waals surface area contributed by atoms with Crippen LogP contribution in [0.3, 0.4) is 0 Å². The molecule has 0 unspecified atom stereocenters. The number of anilines is 1. The van der Waals surface area contributed by atoms with E-state index < -0.39 is 0 Å². The molecule has 1 fully saturated rings. The summed E-state index contributed by atoms with van der Waals surface area (Å²) in [6.07, 6.45) is 6.03. The SMILES string of the molecule is Nc1ncncc1C(=O)NCC1(c2ccc(Cl)cc2)CCC1. The summed E-state index contributed by atoms with van der Waals surface area (Å²) in [5.74, 6) is -0.0417. The van der Waals surface area contributed by atoms with Crippen LogP contribution in [0, 0.1) is 0 Å². The van der Waals surface area contributed by atoms with E-state index in [1.165, 1.54) is 18.1 Å². The second kappa shape index (κ2) is 5.93. The lowest BCUT2D eigenvalue weighted by atomic mass is 9.64. The van der Waals surface area contributed by atoms with Gasteiger partial charge in [0.2, 0.25) is 0 Å². The van der Waals surface area contributed by atoms with Crippen LogP contribution in [0.5, 0.6) is 0 Å². The molecule has 0 saturated heterocycles. The van der Waals surface area contributed by atoms with Gasteiger partial charge in [0.25, 0.3) is 5.91 Å². The maximum absolute atomic E-state index is 12.2. The molecule has 1 heterocycles. The minimum absolute atomic E-state index is 0.00928. The smallest absolute Gasteiger partial charge is 0.256 e. The Morgan fingerprint density at radius 1 is 1.32 bits per heavy atom. The Kier molecular flexibility index (Phi) is 3.98. The molecule has 114 valence electrons. The molecule has 1 amide bonds. The van der Waals surface area contributed by atoms with Gasteiger partial charge in [-0.1, -0.05) is 30.2 Å². The lowest BCUT2D eigenvalue weighted by Gasteiger charge is -2.42. The van der Waals surface area contributed by atoms with Gasteiger partial charge in [0.05, 0.1) is 5.56 Å². The third-order valence-corrected chi connectivity index (χ3v) is 4.59. The first-order chi connectivity index (χ1) is 10.6. The third-order valence-electron chi connectivity index (χ3n) is 4.34. The van der Waals surface area contributed by atoms with Gasteiger partial charge >= 0.3 is 0 Å². The molecular formula is C16H17ClN4O. The van der Waals surface area contributed by atoms with Crippen LogP contribution in [0.4, 0.5) is 5.82 Å². The van der Waals surface area contributed by atoms with Crippen molar-refractivity contribution in [2.45, 2.75) is 24.7 Å². The Morgan fingerprint density at radius 2 is 2.05 bits per heavy atom. The van der Waals surface area contributed by atoms with Crippen molar-refractivity contribution in [1.82, 2.24) is 15.3 Å². The molecule has 6 heteroatoms. The summed E-state index contributed by atoms with van der Waals surface area (Å²) >= 11 is 5.95. The summed E-state index contributed by atoms with van der Waals surface area (Å²) in [6.45, 7) is 0.571. The number of halogens is 1. The molecular weight excluding hydrogens is 300 g/mol. The first-order valence-corrected chi connectivity index (χ1v) is 7.58. The van der Waals surface area contributed by atoms with Gasteiger partial charge in [-0.05, 0) is 30.5 Å². The van der Waals surface area contributed by atoms with E-state index in [1.54, 1.807) is 0 Å². The third kappa shape index (κ3) is 2.76. The number of nitrogen functional groups attached to an aromatic ring is 1. The summed E-state index contributed by atoms with van der Waals surface area (Å²) < 4.78 is 0. The predicted molar refractivity (Wildman–Crippen MR) is 85.8 cm³/mol. The van der Waals surface area contributed by atoms with Crippen LogP contribution >= 0.6 is 11.6 Å². The van der Waals surface area contributed by atoms with Crippen molar-refractivity contribution in [3.8, 4) is 0 Å². The van der Waals surface area contributed by atoms with Crippen molar-refractivity contribution in [3.63, 3.8) is 0 Å². The molecule has 0 bridgehead atoms. The van der Waals surface area contributed by atoms with Crippen molar-refractivity contribution in [2.75, 3.05) is 12.3 Å². The molecule has 22 heavy (non-hydrogen) atoms. The zero-order chi connectivity index (χ0) is 15.6. The second-order valence-corrected chi connectivity index (χ2v) is 6.08. The fourth-order valence-corrected chi connectivity index (χ4v) is 2.96. The van der Waals surface area contributed by atoms with Gasteiger partial charge in [-0.2, -0.15) is 0 Å². The van der Waals surface area contributed by atoms with E-state index in [4.69, 9.17) is 17.3 Å². The number of carbonyl (C=O) groups is 1. The summed E-state index contributed by atoms with van der Waals surface area (Å²) in [5.41, 5.74) is 7.22. The molecule has 2 aromatic rings. The first-order valence-electron chi connectivity index (χ1n) is 7.20. The highest BCUT2D eigenvalue weighted by Gasteiger charge is 2.38. The number of nitrogens with two attached hydrogens (primary N) is 1. The Morgan fingerprint density at radius 3 is 2.64 bits per heavy atom. The van der Waals surface area contributed by atoms with Gasteiger partial charge in [0.15, 0.2) is 0 Å². The van der Waals surface area contributed by atoms with Crippen LogP contribution in [-0.2, 0) is 5.41 Å². The highest BCUT2D eigenvalue weighted by molar-refractivity contribution is 6.30. The zero-order valence-corrected chi connectivity index (χ0v) is 12.8. The van der Waals surface area contributed by atoms with Crippen LogP contribution in [0.1, 0.15) is 35.2 Å². The van der Waals surface area contributed by atoms with E-state index in [0.29, 0.717) is 12.1 Å². The predicted octanol–water partition coefficient (Wildman–Crippen LogP) is 2.56. The van der Waals surface area contributed by atoms with E-state index in [9.17, 15) is 4.79 Å². The first kappa shape index (κ1) is 14.8. The van der Waals surface area contributed by atoms with Crippen molar-refractivity contribution in [2.24, 2.45) is 0 Å². The minimum atomic E-state index is -0.238. The Balaban J connectivity index is 1.73. The molecule has 3 rings (SSSR count). The highest BCUT2D eigenvalue weighted by atomic mass is 35.5. The van der Waals surface area contributed by atoms with Crippen molar-refractivity contribution in [1.29, 1.82) is 0 Å². The molecule has 0 aliphatic heterocycles. The quantitative estimate of drug-likeness (QED) is 0.908. The van der Waals surface area contributed by atoms with Crippen LogP contribution < -0.4 is 11.1 Å². The van der Waals surface area contributed by atoms with Gasteiger partial charge in [-0.3, -0.25) is 4.79 Å². The minimum Gasteiger partial charge on any atom is -0.383 e. The summed E-state index contributed by atoms with van der Waals surface area (Å²) in [4.78, 5) is 19.9. The van der Waals surface area contributed by atoms with Gasteiger partial charge in [0, 0.05) is 23.2 Å². The number of nitrogens with one attached hydrogen (secondary N) is 1. The number of benzene rings is 1. The summed E-state index contributed by atoms with van der Waals surface area (Å²) in [6, 6.07) is 7.85. The molecule has 1 aliphatic rings. The average molecular weight is 317 g/mol. The molecule has 1 saturated carbocycles. The number of amides is 1. The largest absolute Gasteiger partial charge is 0.383 e. The second-order valence-electron chi connectivity index (χ2n) is 5.65. The molecule has 0 spiro atoms. The monoisotopic (exact) mass is 316 g/mol. The molecule has 1 aromatic heterocycles. The molecule has 0 radical (unpaired) electrons. The zero-order valence-electron chi connectivity index (χ0n) is 12.1. The normalized spacial score (nSPS) is 15.9.